The topological polar surface area (TPSA) is 90.7 Å². The number of hydrogen-bond donors (Lipinski definition) is 2. The third-order valence-electron chi connectivity index (χ3n) is 1.90. The van der Waals surface area contributed by atoms with Gasteiger partial charge >= 0.3 is 0 Å². The molecule has 0 aliphatic carbocycles. The van der Waals surface area contributed by atoms with Crippen LogP contribution in [0.15, 0.2) is 24.5 Å². The van der Waals surface area contributed by atoms with Crippen molar-refractivity contribution >= 4 is 23.4 Å². The molecule has 4 N–H and O–H groups in total. The van der Waals surface area contributed by atoms with Crippen molar-refractivity contribution < 1.29 is 0 Å². The first-order valence-electron chi connectivity index (χ1n) is 4.67. The molecule has 5 nitrogen and oxygen atoms in total. The number of halogens is 1. The summed E-state index contributed by atoms with van der Waals surface area (Å²) >= 11 is 5.87. The molecule has 2 rings (SSSR count). The smallest absolute Gasteiger partial charge is 0.223 e. The Hall–Kier alpha value is -2.32. The summed E-state index contributed by atoms with van der Waals surface area (Å²) in [5.74, 6) is 5.85. The highest BCUT2D eigenvalue weighted by Crippen LogP contribution is 2.18. The van der Waals surface area contributed by atoms with Gasteiger partial charge in [-0.05, 0) is 12.1 Å². The first-order valence-corrected chi connectivity index (χ1v) is 5.05. The van der Waals surface area contributed by atoms with Gasteiger partial charge in [-0.25, -0.2) is 0 Å². The maximum absolute atomic E-state index is 5.87. The van der Waals surface area contributed by atoms with Crippen LogP contribution in [0.1, 0.15) is 11.1 Å². The van der Waals surface area contributed by atoms with Gasteiger partial charge in [0.2, 0.25) is 5.95 Å². The molecule has 84 valence electrons. The van der Waals surface area contributed by atoms with Crippen LogP contribution < -0.4 is 11.5 Å². The zero-order valence-corrected chi connectivity index (χ0v) is 9.44. The lowest BCUT2D eigenvalue weighted by atomic mass is 10.2. The molecular formula is C11H8ClN5. The fourth-order valence-electron chi connectivity index (χ4n) is 1.15. The Labute approximate surface area is 103 Å². The molecule has 0 bridgehead atoms. The van der Waals surface area contributed by atoms with Crippen LogP contribution in [0.5, 0.6) is 0 Å². The molecule has 17 heavy (non-hydrogen) atoms. The number of hydrogen-bond acceptors (Lipinski definition) is 5. The summed E-state index contributed by atoms with van der Waals surface area (Å²) in [6.45, 7) is 0. The van der Waals surface area contributed by atoms with Gasteiger partial charge in [-0.15, -0.1) is 0 Å². The van der Waals surface area contributed by atoms with Gasteiger partial charge in [-0.1, -0.05) is 23.4 Å². The lowest BCUT2D eigenvalue weighted by Crippen LogP contribution is -2.02. The summed E-state index contributed by atoms with van der Waals surface area (Å²) in [4.78, 5) is 11.5. The minimum absolute atomic E-state index is 0.0272. The highest BCUT2D eigenvalue weighted by molar-refractivity contribution is 6.31. The maximum atomic E-state index is 5.87. The number of anilines is 2. The van der Waals surface area contributed by atoms with Crippen LogP contribution in [0.4, 0.5) is 11.8 Å². The molecule has 0 aliphatic rings. The number of nitrogens with zero attached hydrogens (tertiary/aromatic N) is 3. The normalized spacial score (nSPS) is 9.47. The monoisotopic (exact) mass is 245 g/mol. The van der Waals surface area contributed by atoms with E-state index in [0.717, 1.165) is 5.56 Å². The van der Waals surface area contributed by atoms with Crippen molar-refractivity contribution in [2.75, 3.05) is 11.5 Å². The summed E-state index contributed by atoms with van der Waals surface area (Å²) in [7, 11) is 0. The van der Waals surface area contributed by atoms with E-state index in [0.29, 0.717) is 5.56 Å². The summed E-state index contributed by atoms with van der Waals surface area (Å²) in [6.07, 6.45) is 3.30. The highest BCUT2D eigenvalue weighted by Gasteiger charge is 2.06. The number of rotatable bonds is 0. The van der Waals surface area contributed by atoms with Crippen molar-refractivity contribution in [3.8, 4) is 11.8 Å². The Morgan fingerprint density at radius 1 is 1.18 bits per heavy atom. The van der Waals surface area contributed by atoms with Crippen LogP contribution in [-0.4, -0.2) is 15.0 Å². The predicted molar refractivity (Wildman–Crippen MR) is 66.1 cm³/mol. The van der Waals surface area contributed by atoms with Crippen LogP contribution in [-0.2, 0) is 0 Å². The minimum Gasteiger partial charge on any atom is -0.382 e. The number of nitrogen functional groups attached to an aromatic ring is 2. The second kappa shape index (κ2) is 4.68. The number of pyridine rings is 1. The van der Waals surface area contributed by atoms with Gasteiger partial charge in [-0.2, -0.15) is 9.97 Å². The lowest BCUT2D eigenvalue weighted by molar-refractivity contribution is 1.18. The van der Waals surface area contributed by atoms with E-state index in [4.69, 9.17) is 23.1 Å². The van der Waals surface area contributed by atoms with Crippen LogP contribution in [0, 0.1) is 11.8 Å². The zero-order chi connectivity index (χ0) is 12.3. The molecule has 2 aromatic rings. The zero-order valence-electron chi connectivity index (χ0n) is 8.68. The Bertz CT molecular complexity index is 577. The molecule has 0 saturated carbocycles. The molecular weight excluding hydrogens is 238 g/mol. The van der Waals surface area contributed by atoms with Gasteiger partial charge in [0.05, 0.1) is 0 Å². The molecule has 0 atom stereocenters. The van der Waals surface area contributed by atoms with E-state index in [1.807, 2.05) is 6.07 Å². The molecule has 6 heteroatoms. The van der Waals surface area contributed by atoms with E-state index in [1.54, 1.807) is 18.5 Å². The van der Waals surface area contributed by atoms with Crippen LogP contribution in [0.2, 0.25) is 5.15 Å². The van der Waals surface area contributed by atoms with Crippen molar-refractivity contribution in [3.05, 3.63) is 40.8 Å². The summed E-state index contributed by atoms with van der Waals surface area (Å²) in [5, 5.41) is 0.145. The molecule has 0 aliphatic heterocycles. The summed E-state index contributed by atoms with van der Waals surface area (Å²) < 4.78 is 0. The fraction of sp³-hybridized carbons (Fsp3) is 0. The molecule has 0 spiro atoms. The van der Waals surface area contributed by atoms with E-state index < -0.39 is 0 Å². The van der Waals surface area contributed by atoms with E-state index in [9.17, 15) is 0 Å². The second-order valence-corrected chi connectivity index (χ2v) is 3.48. The fourth-order valence-corrected chi connectivity index (χ4v) is 1.38. The van der Waals surface area contributed by atoms with Gasteiger partial charge in [0, 0.05) is 18.0 Å². The number of nitrogens with two attached hydrogens (primary N) is 2. The second-order valence-electron chi connectivity index (χ2n) is 3.12. The van der Waals surface area contributed by atoms with E-state index in [2.05, 4.69) is 26.8 Å². The minimum atomic E-state index is 0.0272. The van der Waals surface area contributed by atoms with Gasteiger partial charge in [0.25, 0.3) is 0 Å². The quantitative estimate of drug-likeness (QED) is 0.536. The van der Waals surface area contributed by atoms with Crippen molar-refractivity contribution in [1.29, 1.82) is 0 Å². The van der Waals surface area contributed by atoms with Crippen LogP contribution in [0.25, 0.3) is 0 Å². The highest BCUT2D eigenvalue weighted by atomic mass is 35.5. The predicted octanol–water partition coefficient (Wildman–Crippen LogP) is 1.09. The van der Waals surface area contributed by atoms with E-state index >= 15 is 0 Å². The lowest BCUT2D eigenvalue weighted by Gasteiger charge is -2.00. The molecule has 0 amide bonds. The Balaban J connectivity index is 2.41. The molecule has 0 fully saturated rings. The van der Waals surface area contributed by atoms with Crippen LogP contribution in [0.3, 0.4) is 0 Å². The third-order valence-corrected chi connectivity index (χ3v) is 2.18. The molecule has 2 aromatic heterocycles. The first-order chi connectivity index (χ1) is 8.16. The molecule has 2 heterocycles. The molecule has 0 aromatic carbocycles. The van der Waals surface area contributed by atoms with Crippen molar-refractivity contribution in [1.82, 2.24) is 15.0 Å². The standard InChI is InChI=1S/C11H8ClN5/c12-9-8(10(13)17-11(14)16-9)4-3-7-2-1-5-15-6-7/h1-2,5-6H,(H4,13,14,16,17). The largest absolute Gasteiger partial charge is 0.382 e. The molecule has 0 radical (unpaired) electrons. The van der Waals surface area contributed by atoms with Gasteiger partial charge in [0.1, 0.15) is 11.4 Å². The van der Waals surface area contributed by atoms with Crippen molar-refractivity contribution in [2.45, 2.75) is 0 Å². The van der Waals surface area contributed by atoms with Gasteiger partial charge < -0.3 is 11.5 Å². The van der Waals surface area contributed by atoms with Crippen molar-refractivity contribution in [2.24, 2.45) is 0 Å². The Morgan fingerprint density at radius 3 is 2.65 bits per heavy atom. The van der Waals surface area contributed by atoms with Crippen molar-refractivity contribution in [3.63, 3.8) is 0 Å². The SMILES string of the molecule is Nc1nc(N)c(C#Cc2cccnc2)c(Cl)n1. The van der Waals surface area contributed by atoms with Gasteiger partial charge in [-0.3, -0.25) is 4.98 Å². The average Bonchev–Trinajstić information content (AvgIpc) is 2.29. The first kappa shape index (κ1) is 11.2. The average molecular weight is 246 g/mol. The van der Waals surface area contributed by atoms with E-state index in [1.165, 1.54) is 0 Å². The Morgan fingerprint density at radius 2 is 2.00 bits per heavy atom. The third kappa shape index (κ3) is 2.62. The van der Waals surface area contributed by atoms with E-state index in [-0.39, 0.29) is 16.9 Å². The van der Waals surface area contributed by atoms with Gasteiger partial charge in [0.15, 0.2) is 5.15 Å². The summed E-state index contributed by atoms with van der Waals surface area (Å²) in [6, 6.07) is 3.61. The molecule has 0 saturated heterocycles. The van der Waals surface area contributed by atoms with Crippen LogP contribution >= 0.6 is 11.6 Å². The Kier molecular flexibility index (Phi) is 3.08. The molecule has 0 unspecified atom stereocenters. The summed E-state index contributed by atoms with van der Waals surface area (Å²) in [5.41, 5.74) is 12.2. The maximum Gasteiger partial charge on any atom is 0.223 e. The number of aromatic nitrogens is 3.